The lowest BCUT2D eigenvalue weighted by Gasteiger charge is -2.25. The molecule has 6 heteroatoms. The van der Waals surface area contributed by atoms with Crippen LogP contribution < -0.4 is 4.90 Å². The van der Waals surface area contributed by atoms with E-state index < -0.39 is 6.10 Å². The topological polar surface area (TPSA) is 49.2 Å². The zero-order valence-electron chi connectivity index (χ0n) is 11.9. The number of halogens is 1. The van der Waals surface area contributed by atoms with Crippen LogP contribution in [0.4, 0.5) is 9.52 Å². The molecular formula is C15H18FN3OS. The van der Waals surface area contributed by atoms with Gasteiger partial charge in [0.05, 0.1) is 6.10 Å². The lowest BCUT2D eigenvalue weighted by Crippen LogP contribution is -2.30. The fourth-order valence-corrected chi connectivity index (χ4v) is 3.60. The Labute approximate surface area is 127 Å². The molecular weight excluding hydrogens is 289 g/mol. The summed E-state index contributed by atoms with van der Waals surface area (Å²) in [6.07, 6.45) is 2.19. The van der Waals surface area contributed by atoms with Crippen molar-refractivity contribution in [1.29, 1.82) is 0 Å². The summed E-state index contributed by atoms with van der Waals surface area (Å²) in [5, 5.41) is 20.5. The first-order valence-electron chi connectivity index (χ1n) is 7.14. The van der Waals surface area contributed by atoms with E-state index in [1.54, 1.807) is 23.5 Å². The first-order chi connectivity index (χ1) is 10.1. The third kappa shape index (κ3) is 3.22. The van der Waals surface area contributed by atoms with Gasteiger partial charge in [-0.05, 0) is 43.9 Å². The molecule has 1 aliphatic heterocycles. The molecule has 1 aliphatic rings. The minimum Gasteiger partial charge on any atom is -0.388 e. The molecule has 0 amide bonds. The van der Waals surface area contributed by atoms with E-state index in [1.165, 1.54) is 12.1 Å². The normalized spacial score (nSPS) is 20.0. The van der Waals surface area contributed by atoms with E-state index in [9.17, 15) is 9.50 Å². The molecule has 0 spiro atoms. The molecule has 1 aromatic carbocycles. The number of rotatable bonds is 4. The maximum Gasteiger partial charge on any atom is 0.208 e. The lowest BCUT2D eigenvalue weighted by molar-refractivity contribution is 0.158. The highest BCUT2D eigenvalue weighted by Gasteiger charge is 2.29. The minimum atomic E-state index is -0.579. The van der Waals surface area contributed by atoms with E-state index in [0.717, 1.165) is 35.1 Å². The number of aliphatic hydroxyl groups excluding tert-OH is 1. The van der Waals surface area contributed by atoms with Crippen LogP contribution in [-0.2, 0) is 0 Å². The number of anilines is 1. The predicted molar refractivity (Wildman–Crippen MR) is 81.0 cm³/mol. The molecule has 3 rings (SSSR count). The number of benzene rings is 1. The second-order valence-electron chi connectivity index (χ2n) is 5.40. The molecule has 1 aromatic heterocycles. The molecule has 0 radical (unpaired) electrons. The summed E-state index contributed by atoms with van der Waals surface area (Å²) in [4.78, 5) is 2.23. The van der Waals surface area contributed by atoms with Crippen molar-refractivity contribution in [2.24, 2.45) is 0 Å². The van der Waals surface area contributed by atoms with Gasteiger partial charge < -0.3 is 10.0 Å². The van der Waals surface area contributed by atoms with Crippen molar-refractivity contribution < 1.29 is 9.50 Å². The Hall–Kier alpha value is -1.53. The number of hydrogen-bond donors (Lipinski definition) is 1. The van der Waals surface area contributed by atoms with Gasteiger partial charge in [-0.15, -0.1) is 10.2 Å². The Morgan fingerprint density at radius 1 is 1.38 bits per heavy atom. The second-order valence-corrected chi connectivity index (χ2v) is 6.56. The smallest absolute Gasteiger partial charge is 0.208 e. The molecule has 112 valence electrons. The van der Waals surface area contributed by atoms with Gasteiger partial charge in [0.25, 0.3) is 0 Å². The molecule has 0 aliphatic carbocycles. The molecule has 0 unspecified atom stereocenters. The van der Waals surface area contributed by atoms with Crippen LogP contribution in [0.25, 0.3) is 0 Å². The van der Waals surface area contributed by atoms with Gasteiger partial charge in [0.1, 0.15) is 10.8 Å². The van der Waals surface area contributed by atoms with Gasteiger partial charge in [-0.25, -0.2) is 4.39 Å². The van der Waals surface area contributed by atoms with Gasteiger partial charge in [0.15, 0.2) is 0 Å². The maximum absolute atomic E-state index is 12.9. The van der Waals surface area contributed by atoms with Gasteiger partial charge in [-0.2, -0.15) is 0 Å². The van der Waals surface area contributed by atoms with Crippen LogP contribution in [0.1, 0.15) is 35.9 Å². The summed E-state index contributed by atoms with van der Waals surface area (Å²) in [5.74, 6) is -0.280. The number of hydrogen-bond acceptors (Lipinski definition) is 5. The number of aromatic nitrogens is 2. The summed E-state index contributed by atoms with van der Waals surface area (Å²) in [7, 11) is 0. The number of aliphatic hydroxyl groups is 1. The zero-order chi connectivity index (χ0) is 14.8. The van der Waals surface area contributed by atoms with Crippen molar-refractivity contribution in [3.63, 3.8) is 0 Å². The van der Waals surface area contributed by atoms with Crippen molar-refractivity contribution in [3.05, 3.63) is 40.7 Å². The lowest BCUT2D eigenvalue weighted by atomic mass is 10.0. The summed E-state index contributed by atoms with van der Waals surface area (Å²) in [5.41, 5.74) is 0.761. The molecule has 0 bridgehead atoms. The van der Waals surface area contributed by atoms with E-state index in [0.29, 0.717) is 6.42 Å². The maximum atomic E-state index is 12.9. The molecule has 1 N–H and O–H groups in total. The quantitative estimate of drug-likeness (QED) is 0.943. The van der Waals surface area contributed by atoms with E-state index in [2.05, 4.69) is 15.1 Å². The third-order valence-corrected chi connectivity index (χ3v) is 4.76. The first-order valence-corrected chi connectivity index (χ1v) is 7.95. The van der Waals surface area contributed by atoms with Crippen molar-refractivity contribution in [2.75, 3.05) is 11.4 Å². The fraction of sp³-hybridized carbons (Fsp3) is 0.467. The van der Waals surface area contributed by atoms with Gasteiger partial charge in [0.2, 0.25) is 5.13 Å². The van der Waals surface area contributed by atoms with E-state index in [-0.39, 0.29) is 11.9 Å². The van der Waals surface area contributed by atoms with Gasteiger partial charge in [-0.1, -0.05) is 23.5 Å². The SMILES string of the molecule is Cc1nnc(N2CCC[C@H]2C[C@H](O)c2ccc(F)cc2)s1. The van der Waals surface area contributed by atoms with E-state index in [4.69, 9.17) is 0 Å². The molecule has 0 saturated carbocycles. The second kappa shape index (κ2) is 6.07. The number of nitrogens with zero attached hydrogens (tertiary/aromatic N) is 3. The molecule has 2 atom stereocenters. The average Bonchev–Trinajstić information content (AvgIpc) is 3.08. The molecule has 2 aromatic rings. The standard InChI is InChI=1S/C15H18FN3OS/c1-10-17-18-15(21-10)19-8-2-3-13(19)9-14(20)11-4-6-12(16)7-5-11/h4-7,13-14,20H,2-3,8-9H2,1H3/t13-,14-/m0/s1. The summed E-state index contributed by atoms with van der Waals surface area (Å²) in [6, 6.07) is 6.33. The molecule has 1 fully saturated rings. The monoisotopic (exact) mass is 307 g/mol. The fourth-order valence-electron chi connectivity index (χ4n) is 2.81. The van der Waals surface area contributed by atoms with Gasteiger partial charge >= 0.3 is 0 Å². The van der Waals surface area contributed by atoms with E-state index in [1.807, 2.05) is 6.92 Å². The average molecular weight is 307 g/mol. The molecule has 1 saturated heterocycles. The highest BCUT2D eigenvalue weighted by molar-refractivity contribution is 7.15. The van der Waals surface area contributed by atoms with Gasteiger partial charge in [-0.3, -0.25) is 0 Å². The zero-order valence-corrected chi connectivity index (χ0v) is 12.7. The first kappa shape index (κ1) is 14.4. The van der Waals surface area contributed by atoms with Crippen LogP contribution in [-0.4, -0.2) is 27.9 Å². The van der Waals surface area contributed by atoms with Gasteiger partial charge in [0, 0.05) is 12.6 Å². The van der Waals surface area contributed by atoms with E-state index >= 15 is 0 Å². The highest BCUT2D eigenvalue weighted by atomic mass is 32.1. The van der Waals surface area contributed by atoms with Crippen molar-refractivity contribution in [1.82, 2.24) is 10.2 Å². The Bertz CT molecular complexity index is 601. The van der Waals surface area contributed by atoms with Crippen LogP contribution in [0.3, 0.4) is 0 Å². The minimum absolute atomic E-state index is 0.261. The van der Waals surface area contributed by atoms with Crippen LogP contribution in [0, 0.1) is 12.7 Å². The Kier molecular flexibility index (Phi) is 4.17. The Morgan fingerprint density at radius 2 is 2.14 bits per heavy atom. The highest BCUT2D eigenvalue weighted by Crippen LogP contribution is 2.32. The predicted octanol–water partition coefficient (Wildman–Crippen LogP) is 3.08. The molecule has 4 nitrogen and oxygen atoms in total. The molecule has 2 heterocycles. The Balaban J connectivity index is 1.69. The molecule has 21 heavy (non-hydrogen) atoms. The third-order valence-electron chi connectivity index (χ3n) is 3.89. The summed E-state index contributed by atoms with van der Waals surface area (Å²) >= 11 is 1.59. The van der Waals surface area contributed by atoms with Crippen molar-refractivity contribution >= 4 is 16.5 Å². The van der Waals surface area contributed by atoms with Crippen LogP contribution >= 0.6 is 11.3 Å². The van der Waals surface area contributed by atoms with Crippen LogP contribution in [0.15, 0.2) is 24.3 Å². The van der Waals surface area contributed by atoms with Crippen molar-refractivity contribution in [2.45, 2.75) is 38.3 Å². The van der Waals surface area contributed by atoms with Crippen LogP contribution in [0.5, 0.6) is 0 Å². The summed E-state index contributed by atoms with van der Waals surface area (Å²) in [6.45, 7) is 2.90. The van der Waals surface area contributed by atoms with Crippen LogP contribution in [0.2, 0.25) is 0 Å². The Morgan fingerprint density at radius 3 is 2.81 bits per heavy atom. The van der Waals surface area contributed by atoms with Crippen molar-refractivity contribution in [3.8, 4) is 0 Å². The number of aryl methyl sites for hydroxylation is 1. The largest absolute Gasteiger partial charge is 0.388 e. The summed E-state index contributed by atoms with van der Waals surface area (Å²) < 4.78 is 12.9.